The van der Waals surface area contributed by atoms with Crippen LogP contribution in [-0.4, -0.2) is 63.6 Å². The van der Waals surface area contributed by atoms with Gasteiger partial charge in [-0.25, -0.2) is 9.97 Å². The average molecular weight is 371 g/mol. The Hall–Kier alpha value is -2.29. The molecule has 2 aromatic heterocycles. The van der Waals surface area contributed by atoms with Gasteiger partial charge in [-0.2, -0.15) is 0 Å². The molecule has 1 saturated heterocycles. The molecule has 0 saturated carbocycles. The van der Waals surface area contributed by atoms with Crippen LogP contribution >= 0.6 is 11.3 Å². The molecule has 134 valence electrons. The lowest BCUT2D eigenvalue weighted by molar-refractivity contribution is -0.120. The van der Waals surface area contributed by atoms with Gasteiger partial charge in [-0.3, -0.25) is 9.69 Å². The first kappa shape index (κ1) is 14.8. The summed E-state index contributed by atoms with van der Waals surface area (Å²) in [5, 5.41) is 10.7. The van der Waals surface area contributed by atoms with E-state index in [1.807, 2.05) is 25.1 Å². The van der Waals surface area contributed by atoms with Crippen LogP contribution in [0.4, 0.5) is 0 Å². The first-order valence-corrected chi connectivity index (χ1v) is 9.17. The summed E-state index contributed by atoms with van der Waals surface area (Å²) in [7, 11) is 0. The lowest BCUT2D eigenvalue weighted by atomic mass is 10.1. The number of carbonyl (C=O) groups excluding carboxylic acids is 1. The zero-order valence-electron chi connectivity index (χ0n) is 16.3. The van der Waals surface area contributed by atoms with Crippen molar-refractivity contribution in [2.75, 3.05) is 32.8 Å². The minimum Gasteiger partial charge on any atom is -0.379 e. The van der Waals surface area contributed by atoms with Gasteiger partial charge in [-0.05, 0) is 13.0 Å². The van der Waals surface area contributed by atoms with Gasteiger partial charge in [0.25, 0.3) is 0 Å². The molecular formula is C18H19N5O2S. The van der Waals surface area contributed by atoms with Crippen LogP contribution in [0.25, 0.3) is 21.5 Å². The molecule has 7 nitrogen and oxygen atoms in total. The number of hydrogen-bond donors (Lipinski definition) is 0. The average Bonchev–Trinajstić information content (AvgIpc) is 3.14. The summed E-state index contributed by atoms with van der Waals surface area (Å²) in [5.41, 5.74) is 1.59. The number of nitrogens with zero attached hydrogens (tertiary/aromatic N) is 5. The van der Waals surface area contributed by atoms with Crippen molar-refractivity contribution < 1.29 is 12.3 Å². The Kier molecular flexibility index (Phi) is 4.29. The van der Waals surface area contributed by atoms with E-state index < -0.39 is 12.3 Å². The summed E-state index contributed by atoms with van der Waals surface area (Å²) in [4.78, 5) is 22.8. The molecule has 0 unspecified atom stereocenters. The minimum absolute atomic E-state index is 0.164. The normalized spacial score (nSPS) is 17.1. The zero-order valence-corrected chi connectivity index (χ0v) is 15.1. The maximum atomic E-state index is 12.6. The van der Waals surface area contributed by atoms with E-state index in [9.17, 15) is 4.79 Å². The maximum absolute atomic E-state index is 12.6. The molecule has 0 atom stereocenters. The molecule has 3 heterocycles. The van der Waals surface area contributed by atoms with Crippen LogP contribution in [0.2, 0.25) is 0 Å². The smallest absolute Gasteiger partial charge is 0.154 e. The molecule has 1 fully saturated rings. The van der Waals surface area contributed by atoms with E-state index in [0.717, 1.165) is 21.0 Å². The summed E-state index contributed by atoms with van der Waals surface area (Å²) in [6, 6.07) is 5.73. The summed E-state index contributed by atoms with van der Waals surface area (Å²) in [6.45, 7) is 1.47. The number of hydrogen-bond acceptors (Lipinski definition) is 8. The van der Waals surface area contributed by atoms with Crippen LogP contribution in [0.1, 0.15) is 13.6 Å². The molecule has 1 aromatic carbocycles. The number of morpholine rings is 1. The van der Waals surface area contributed by atoms with E-state index >= 15 is 0 Å². The monoisotopic (exact) mass is 371 g/mol. The highest BCUT2D eigenvalue weighted by atomic mass is 32.1. The van der Waals surface area contributed by atoms with Crippen molar-refractivity contribution in [3.05, 3.63) is 35.2 Å². The van der Waals surface area contributed by atoms with Gasteiger partial charge in [-0.1, -0.05) is 23.5 Å². The number of benzene rings is 1. The lowest BCUT2D eigenvalue weighted by Crippen LogP contribution is -2.40. The molecular weight excluding hydrogens is 350 g/mol. The number of aromatic nitrogens is 4. The first-order valence-electron chi connectivity index (χ1n) is 9.36. The standard InChI is InChI=1S/C18H19N5O2S/c1-12-21-22-18(26-12)13-2-3-14-10-19-17(20-16(14)8-13)9-15(24)11-23-4-6-25-7-5-23/h2-3,8,10H,4-7,9,11H2,1H3/i11D2. The molecule has 8 heteroatoms. The molecule has 0 N–H and O–H groups in total. The van der Waals surface area contributed by atoms with E-state index in [1.54, 1.807) is 6.20 Å². The van der Waals surface area contributed by atoms with Gasteiger partial charge in [0.2, 0.25) is 0 Å². The summed E-state index contributed by atoms with van der Waals surface area (Å²) < 4.78 is 21.6. The van der Waals surface area contributed by atoms with E-state index in [-0.39, 0.29) is 6.42 Å². The zero-order chi connectivity index (χ0) is 19.7. The Morgan fingerprint density at radius 3 is 2.96 bits per heavy atom. The topological polar surface area (TPSA) is 81.1 Å². The van der Waals surface area contributed by atoms with Gasteiger partial charge < -0.3 is 4.74 Å². The SMILES string of the molecule is [2H]C([2H])(C(=O)Cc1ncc2ccc(-c3nnc(C)s3)cc2n1)N1CCOCC1. The molecule has 1 aliphatic heterocycles. The predicted molar refractivity (Wildman–Crippen MR) is 99.1 cm³/mol. The first-order chi connectivity index (χ1) is 13.4. The number of ether oxygens (including phenoxy) is 1. The quantitative estimate of drug-likeness (QED) is 0.677. The molecule has 4 rings (SSSR count). The van der Waals surface area contributed by atoms with Crippen LogP contribution in [0, 0.1) is 6.92 Å². The Bertz CT molecular complexity index is 1020. The minimum atomic E-state index is -2.06. The molecule has 3 aromatic rings. The van der Waals surface area contributed by atoms with Crippen molar-refractivity contribution in [1.82, 2.24) is 25.1 Å². The fraction of sp³-hybridized carbons (Fsp3) is 0.389. The van der Waals surface area contributed by atoms with E-state index in [4.69, 9.17) is 7.48 Å². The van der Waals surface area contributed by atoms with Crippen LogP contribution in [0.5, 0.6) is 0 Å². The Labute approximate surface area is 157 Å². The highest BCUT2D eigenvalue weighted by Gasteiger charge is 2.15. The molecule has 0 bridgehead atoms. The van der Waals surface area contributed by atoms with Crippen molar-refractivity contribution in [1.29, 1.82) is 0 Å². The second-order valence-electron chi connectivity index (χ2n) is 6.00. The molecule has 0 aliphatic carbocycles. The number of carbonyl (C=O) groups is 1. The molecule has 0 amide bonds. The summed E-state index contributed by atoms with van der Waals surface area (Å²) in [6.07, 6.45) is 1.49. The third-order valence-electron chi connectivity index (χ3n) is 4.02. The van der Waals surface area contributed by atoms with Crippen LogP contribution < -0.4 is 0 Å². The number of ketones is 1. The van der Waals surface area contributed by atoms with Crippen molar-refractivity contribution in [2.45, 2.75) is 13.3 Å². The second-order valence-corrected chi connectivity index (χ2v) is 7.18. The highest BCUT2D eigenvalue weighted by molar-refractivity contribution is 7.14. The number of Topliss-reactive ketones (excluding diaryl/α,β-unsaturated/α-hetero) is 1. The van der Waals surface area contributed by atoms with Gasteiger partial charge in [0.05, 0.1) is 34.4 Å². The van der Waals surface area contributed by atoms with Gasteiger partial charge in [-0.15, -0.1) is 10.2 Å². The maximum Gasteiger partial charge on any atom is 0.154 e. The van der Waals surface area contributed by atoms with Crippen LogP contribution in [0.15, 0.2) is 24.4 Å². The molecule has 0 spiro atoms. The fourth-order valence-corrected chi connectivity index (χ4v) is 3.42. The van der Waals surface area contributed by atoms with E-state index in [1.165, 1.54) is 16.2 Å². The van der Waals surface area contributed by atoms with Gasteiger partial charge in [0.15, 0.2) is 5.78 Å². The van der Waals surface area contributed by atoms with Crippen LogP contribution in [-0.2, 0) is 16.0 Å². The van der Waals surface area contributed by atoms with Crippen molar-refractivity contribution in [2.24, 2.45) is 0 Å². The van der Waals surface area contributed by atoms with Crippen molar-refractivity contribution in [3.8, 4) is 10.6 Å². The van der Waals surface area contributed by atoms with Crippen LogP contribution in [0.3, 0.4) is 0 Å². The largest absolute Gasteiger partial charge is 0.379 e. The molecule has 26 heavy (non-hydrogen) atoms. The van der Waals surface area contributed by atoms with Gasteiger partial charge in [0, 0.05) is 30.2 Å². The Morgan fingerprint density at radius 1 is 1.35 bits per heavy atom. The number of fused-ring (bicyclic) bond motifs is 1. The Balaban J connectivity index is 1.57. The van der Waals surface area contributed by atoms with Gasteiger partial charge in [0.1, 0.15) is 15.8 Å². The number of rotatable bonds is 5. The van der Waals surface area contributed by atoms with E-state index in [2.05, 4.69) is 20.2 Å². The van der Waals surface area contributed by atoms with Gasteiger partial charge >= 0.3 is 0 Å². The summed E-state index contributed by atoms with van der Waals surface area (Å²) in [5.74, 6) is -0.245. The van der Waals surface area contributed by atoms with Crippen molar-refractivity contribution in [3.63, 3.8) is 0 Å². The van der Waals surface area contributed by atoms with E-state index in [0.29, 0.717) is 37.6 Å². The second kappa shape index (κ2) is 7.53. The fourth-order valence-electron chi connectivity index (χ4n) is 2.73. The third kappa shape index (κ3) is 3.92. The lowest BCUT2D eigenvalue weighted by Gasteiger charge is -2.25. The highest BCUT2D eigenvalue weighted by Crippen LogP contribution is 2.25. The molecule has 0 radical (unpaired) electrons. The number of aryl methyl sites for hydroxylation is 1. The molecule has 1 aliphatic rings. The summed E-state index contributed by atoms with van der Waals surface area (Å²) >= 11 is 1.50. The third-order valence-corrected chi connectivity index (χ3v) is 4.91. The van der Waals surface area contributed by atoms with Crippen molar-refractivity contribution >= 4 is 28.0 Å². The predicted octanol–water partition coefficient (Wildman–Crippen LogP) is 1.90. The Morgan fingerprint density at radius 2 is 2.19 bits per heavy atom.